The zero-order chi connectivity index (χ0) is 4.99. The van der Waals surface area contributed by atoms with E-state index in [0.717, 1.165) is 5.75 Å². The Morgan fingerprint density at radius 1 is 1.50 bits per heavy atom. The average molecular weight is 122 g/mol. The first-order valence-electron chi connectivity index (χ1n) is 2.03. The SMILES string of the molecule is CP(C)CCS. The first-order chi connectivity index (χ1) is 2.77. The lowest BCUT2D eigenvalue weighted by molar-refractivity contribution is 1.54. The minimum absolute atomic E-state index is 0.323. The summed E-state index contributed by atoms with van der Waals surface area (Å²) in [7, 11) is 0.323. The Labute approximate surface area is 46.5 Å². The molecule has 38 valence electrons. The summed E-state index contributed by atoms with van der Waals surface area (Å²) in [5, 5.41) is 0. The highest BCUT2D eigenvalue weighted by Gasteiger charge is 1.84. The molecule has 0 spiro atoms. The van der Waals surface area contributed by atoms with Gasteiger partial charge in [0.05, 0.1) is 0 Å². The monoisotopic (exact) mass is 122 g/mol. The van der Waals surface area contributed by atoms with Crippen molar-refractivity contribution < 1.29 is 0 Å². The third kappa shape index (κ3) is 4.78. The Balaban J connectivity index is 2.63. The van der Waals surface area contributed by atoms with Gasteiger partial charge < -0.3 is 0 Å². The van der Waals surface area contributed by atoms with Crippen LogP contribution in [0.2, 0.25) is 0 Å². The Hall–Kier alpha value is 0.780. The Morgan fingerprint density at radius 2 is 2.00 bits per heavy atom. The molecule has 0 saturated carbocycles. The molecule has 0 aliphatic carbocycles. The zero-order valence-corrected chi connectivity index (χ0v) is 6.10. The van der Waals surface area contributed by atoms with Crippen molar-refractivity contribution in [2.24, 2.45) is 0 Å². The van der Waals surface area contributed by atoms with E-state index in [1.54, 1.807) is 0 Å². The molecule has 0 bridgehead atoms. The molecule has 0 N–H and O–H groups in total. The van der Waals surface area contributed by atoms with Gasteiger partial charge in [0.1, 0.15) is 0 Å². The van der Waals surface area contributed by atoms with Crippen molar-refractivity contribution in [3.63, 3.8) is 0 Å². The van der Waals surface area contributed by atoms with Crippen LogP contribution in [0.4, 0.5) is 0 Å². The smallest absolute Gasteiger partial charge is 0.00587 e. The van der Waals surface area contributed by atoms with Gasteiger partial charge in [-0.1, -0.05) is 0 Å². The molecule has 0 saturated heterocycles. The lowest BCUT2D eigenvalue weighted by Gasteiger charge is -1.97. The maximum absolute atomic E-state index is 4.08. The van der Waals surface area contributed by atoms with E-state index in [0.29, 0.717) is 7.92 Å². The second-order valence-electron chi connectivity index (χ2n) is 1.53. The van der Waals surface area contributed by atoms with Crippen LogP contribution < -0.4 is 0 Å². The fourth-order valence-electron chi connectivity index (χ4n) is 0.200. The number of hydrogen-bond donors (Lipinski definition) is 1. The molecule has 0 aromatic rings. The topological polar surface area (TPSA) is 0 Å². The van der Waals surface area contributed by atoms with E-state index in [1.165, 1.54) is 6.16 Å². The molecule has 0 amide bonds. The zero-order valence-electron chi connectivity index (χ0n) is 4.31. The fourth-order valence-corrected chi connectivity index (χ4v) is 1.80. The summed E-state index contributed by atoms with van der Waals surface area (Å²) in [6.07, 6.45) is 1.30. The van der Waals surface area contributed by atoms with Crippen molar-refractivity contribution >= 4 is 20.6 Å². The molecule has 2 heteroatoms. The van der Waals surface area contributed by atoms with Gasteiger partial charge in [-0.2, -0.15) is 12.6 Å². The first-order valence-corrected chi connectivity index (χ1v) is 5.08. The number of hydrogen-bond acceptors (Lipinski definition) is 1. The standard InChI is InChI=1S/C4H11PS/c1-5(2)3-4-6/h6H,3-4H2,1-2H3. The predicted molar refractivity (Wildman–Crippen MR) is 37.5 cm³/mol. The van der Waals surface area contributed by atoms with Gasteiger partial charge >= 0.3 is 0 Å². The van der Waals surface area contributed by atoms with Crippen LogP contribution >= 0.6 is 20.6 Å². The first kappa shape index (κ1) is 6.78. The molecule has 6 heavy (non-hydrogen) atoms. The van der Waals surface area contributed by atoms with Crippen molar-refractivity contribution in [3.8, 4) is 0 Å². The molecule has 0 rings (SSSR count). The summed E-state index contributed by atoms with van der Waals surface area (Å²) in [6.45, 7) is 4.54. The Bertz CT molecular complexity index is 28.7. The van der Waals surface area contributed by atoms with Crippen LogP contribution in [-0.2, 0) is 0 Å². The van der Waals surface area contributed by atoms with Gasteiger partial charge in [0.2, 0.25) is 0 Å². The van der Waals surface area contributed by atoms with Gasteiger partial charge in [0.15, 0.2) is 0 Å². The van der Waals surface area contributed by atoms with Crippen molar-refractivity contribution in [2.75, 3.05) is 25.2 Å². The van der Waals surface area contributed by atoms with Gasteiger partial charge in [-0.25, -0.2) is 0 Å². The molecule has 0 fully saturated rings. The molecule has 0 aromatic carbocycles. The van der Waals surface area contributed by atoms with Crippen molar-refractivity contribution in [1.82, 2.24) is 0 Å². The molecular formula is C4H11PS. The molecule has 0 aromatic heterocycles. The quantitative estimate of drug-likeness (QED) is 0.418. The normalized spacial score (nSPS) is 10.0. The van der Waals surface area contributed by atoms with Crippen molar-refractivity contribution in [3.05, 3.63) is 0 Å². The average Bonchev–Trinajstić information content (AvgIpc) is 1.35. The maximum atomic E-state index is 4.08. The van der Waals surface area contributed by atoms with E-state index < -0.39 is 0 Å². The molecule has 0 aliphatic rings. The Morgan fingerprint density at radius 3 is 2.00 bits per heavy atom. The van der Waals surface area contributed by atoms with Crippen LogP contribution in [0, 0.1) is 0 Å². The lowest BCUT2D eigenvalue weighted by atomic mass is 11.0. The summed E-state index contributed by atoms with van der Waals surface area (Å²) in [5.74, 6) is 1.05. The van der Waals surface area contributed by atoms with E-state index in [1.807, 2.05) is 0 Å². The molecule has 0 heterocycles. The van der Waals surface area contributed by atoms with Gasteiger partial charge in [-0.05, 0) is 25.2 Å². The highest BCUT2D eigenvalue weighted by molar-refractivity contribution is 7.80. The molecule has 0 aliphatic heterocycles. The summed E-state index contributed by atoms with van der Waals surface area (Å²) < 4.78 is 0. The predicted octanol–water partition coefficient (Wildman–Crippen LogP) is 1.66. The molecular weight excluding hydrogens is 111 g/mol. The molecule has 0 radical (unpaired) electrons. The number of rotatable bonds is 2. The van der Waals surface area contributed by atoms with E-state index in [4.69, 9.17) is 0 Å². The Kier molecular flexibility index (Phi) is 4.47. The van der Waals surface area contributed by atoms with Gasteiger partial charge in [0.25, 0.3) is 0 Å². The van der Waals surface area contributed by atoms with Gasteiger partial charge in [0, 0.05) is 0 Å². The molecule has 0 nitrogen and oxygen atoms in total. The van der Waals surface area contributed by atoms with Crippen LogP contribution in [0.15, 0.2) is 0 Å². The van der Waals surface area contributed by atoms with Gasteiger partial charge in [-0.3, -0.25) is 0 Å². The lowest BCUT2D eigenvalue weighted by Crippen LogP contribution is -1.78. The highest BCUT2D eigenvalue weighted by atomic mass is 32.1. The van der Waals surface area contributed by atoms with Crippen LogP contribution in [0.1, 0.15) is 0 Å². The van der Waals surface area contributed by atoms with Crippen molar-refractivity contribution in [2.45, 2.75) is 0 Å². The second kappa shape index (κ2) is 3.95. The summed E-state index contributed by atoms with van der Waals surface area (Å²) in [4.78, 5) is 0. The molecule has 0 unspecified atom stereocenters. The highest BCUT2D eigenvalue weighted by Crippen LogP contribution is 2.22. The minimum Gasteiger partial charge on any atom is -0.179 e. The number of thiol groups is 1. The van der Waals surface area contributed by atoms with Crippen LogP contribution in [0.3, 0.4) is 0 Å². The minimum atomic E-state index is 0.323. The summed E-state index contributed by atoms with van der Waals surface area (Å²) >= 11 is 4.08. The summed E-state index contributed by atoms with van der Waals surface area (Å²) in [6, 6.07) is 0. The van der Waals surface area contributed by atoms with E-state index in [9.17, 15) is 0 Å². The molecule has 0 atom stereocenters. The van der Waals surface area contributed by atoms with Crippen LogP contribution in [-0.4, -0.2) is 25.2 Å². The third-order valence-electron chi connectivity index (χ3n) is 0.547. The van der Waals surface area contributed by atoms with Gasteiger partial charge in [-0.15, -0.1) is 7.92 Å². The van der Waals surface area contributed by atoms with E-state index in [-0.39, 0.29) is 0 Å². The van der Waals surface area contributed by atoms with E-state index in [2.05, 4.69) is 26.0 Å². The maximum Gasteiger partial charge on any atom is -0.00587 e. The second-order valence-corrected chi connectivity index (χ2v) is 4.58. The summed E-state index contributed by atoms with van der Waals surface area (Å²) in [5.41, 5.74) is 0. The van der Waals surface area contributed by atoms with Crippen molar-refractivity contribution in [1.29, 1.82) is 0 Å². The van der Waals surface area contributed by atoms with Crippen LogP contribution in [0.25, 0.3) is 0 Å². The largest absolute Gasteiger partial charge is 0.179 e. The van der Waals surface area contributed by atoms with E-state index >= 15 is 0 Å². The van der Waals surface area contributed by atoms with Crippen LogP contribution in [0.5, 0.6) is 0 Å². The fraction of sp³-hybridized carbons (Fsp3) is 1.00. The third-order valence-corrected chi connectivity index (χ3v) is 2.24.